The van der Waals surface area contributed by atoms with E-state index in [1.54, 1.807) is 0 Å². The van der Waals surface area contributed by atoms with Crippen LogP contribution in [0.2, 0.25) is 0 Å². The molecule has 0 fully saturated rings. The molecule has 3 N–H and O–H groups in total. The topological polar surface area (TPSA) is 129 Å². The molecule has 0 saturated carbocycles. The van der Waals surface area contributed by atoms with Gasteiger partial charge in [-0.3, -0.25) is 14.1 Å². The minimum atomic E-state index is -5.15. The molecule has 0 aliphatic heterocycles. The Balaban J connectivity index is 0. The van der Waals surface area contributed by atoms with Crippen LogP contribution >= 0.6 is 0 Å². The van der Waals surface area contributed by atoms with Crippen molar-refractivity contribution < 1.29 is 62.3 Å². The van der Waals surface area contributed by atoms with Crippen LogP contribution in [-0.4, -0.2) is 39.9 Å². The zero-order valence-corrected chi connectivity index (χ0v) is 21.5. The van der Waals surface area contributed by atoms with E-state index in [4.69, 9.17) is 0 Å². The third kappa shape index (κ3) is 8.85. The summed E-state index contributed by atoms with van der Waals surface area (Å²) in [6.45, 7) is 7.67. The number of rotatable bonds is 16. The first kappa shape index (κ1) is 31.0. The van der Waals surface area contributed by atoms with Crippen molar-refractivity contribution >= 4 is 22.1 Å². The Morgan fingerprint density at radius 1 is 0.897 bits per heavy atom. The molecule has 29 heavy (non-hydrogen) atoms. The second kappa shape index (κ2) is 14.8. The predicted molar refractivity (Wildman–Crippen MR) is 109 cm³/mol. The zero-order valence-electron chi connectivity index (χ0n) is 18.7. The van der Waals surface area contributed by atoms with Crippen LogP contribution in [0.5, 0.6) is 0 Å². The van der Waals surface area contributed by atoms with E-state index < -0.39 is 39.1 Å². The summed E-state index contributed by atoms with van der Waals surface area (Å²) >= 11 is 0. The maximum atomic E-state index is 12.4. The van der Waals surface area contributed by atoms with E-state index >= 15 is 0 Å². The third-order valence-corrected chi connectivity index (χ3v) is 7.48. The summed E-state index contributed by atoms with van der Waals surface area (Å²) < 4.78 is 32.0. The van der Waals surface area contributed by atoms with Crippen LogP contribution < -0.4 is 29.6 Å². The van der Waals surface area contributed by atoms with Gasteiger partial charge in [-0.05, 0) is 24.7 Å². The van der Waals surface area contributed by atoms with Crippen molar-refractivity contribution in [2.75, 3.05) is 0 Å². The van der Waals surface area contributed by atoms with Crippen LogP contribution in [0.1, 0.15) is 91.9 Å². The molecule has 0 saturated heterocycles. The Morgan fingerprint density at radius 2 is 1.34 bits per heavy atom. The van der Waals surface area contributed by atoms with Gasteiger partial charge in [0, 0.05) is 0 Å². The molecule has 4 atom stereocenters. The average molecular weight is 446 g/mol. The molecule has 0 heterocycles. The minimum absolute atomic E-state index is 0. The molecular weight excluding hydrogens is 407 g/mol. The molecule has 9 heteroatoms. The Labute approximate surface area is 198 Å². The second-order valence-corrected chi connectivity index (χ2v) is 9.51. The van der Waals surface area contributed by atoms with Crippen molar-refractivity contribution in [2.24, 2.45) is 17.8 Å². The molecule has 0 aromatic rings. The van der Waals surface area contributed by atoms with Crippen molar-refractivity contribution in [1.29, 1.82) is 0 Å². The summed E-state index contributed by atoms with van der Waals surface area (Å²) in [5, 5.41) is 19.7. The van der Waals surface area contributed by atoms with E-state index in [-0.39, 0.29) is 47.8 Å². The molecule has 166 valence electrons. The van der Waals surface area contributed by atoms with Crippen LogP contribution in [0, 0.1) is 17.8 Å². The summed E-state index contributed by atoms with van der Waals surface area (Å²) in [5.74, 6) is -5.37. The zero-order chi connectivity index (χ0) is 22.0. The van der Waals surface area contributed by atoms with Gasteiger partial charge in [-0.15, -0.1) is 0 Å². The van der Waals surface area contributed by atoms with Gasteiger partial charge < -0.3 is 10.2 Å². The van der Waals surface area contributed by atoms with Gasteiger partial charge in [-0.1, -0.05) is 79.1 Å². The molecule has 4 unspecified atom stereocenters. The van der Waals surface area contributed by atoms with E-state index in [1.807, 2.05) is 27.7 Å². The minimum Gasteiger partial charge on any atom is -0.481 e. The number of carbonyl (C=O) groups is 2. The number of unbranched alkanes of at least 4 members (excludes halogenated alkanes) is 2. The van der Waals surface area contributed by atoms with Crippen LogP contribution in [0.4, 0.5) is 0 Å². The smallest absolute Gasteiger partial charge is 0.481 e. The molecule has 0 radical (unpaired) electrons. The summed E-state index contributed by atoms with van der Waals surface area (Å²) in [5.41, 5.74) is 0. The van der Waals surface area contributed by atoms with Crippen LogP contribution in [0.25, 0.3) is 0 Å². The van der Waals surface area contributed by atoms with Gasteiger partial charge in [-0.2, -0.15) is 8.42 Å². The van der Waals surface area contributed by atoms with E-state index in [2.05, 4.69) is 0 Å². The van der Waals surface area contributed by atoms with Gasteiger partial charge in [0.1, 0.15) is 0 Å². The van der Waals surface area contributed by atoms with Gasteiger partial charge in [0.05, 0.1) is 5.92 Å². The molecule has 0 bridgehead atoms. The van der Waals surface area contributed by atoms with Crippen LogP contribution in [-0.2, 0) is 19.7 Å². The monoisotopic (exact) mass is 445 g/mol. The van der Waals surface area contributed by atoms with Gasteiger partial charge in [0.15, 0.2) is 0 Å². The van der Waals surface area contributed by atoms with Crippen LogP contribution in [0.3, 0.4) is 0 Å². The fourth-order valence-corrected chi connectivity index (χ4v) is 5.18. The molecule has 0 aliphatic carbocycles. The Hall–Kier alpha value is -0.150. The van der Waals surface area contributed by atoms with Gasteiger partial charge >= 0.3 is 41.5 Å². The predicted octanol–water partition coefficient (Wildman–Crippen LogP) is 1.62. The number of aliphatic carboxylic acids is 2. The van der Waals surface area contributed by atoms with Crippen molar-refractivity contribution in [3.8, 4) is 0 Å². The maximum Gasteiger partial charge on any atom is 1.00 e. The van der Waals surface area contributed by atoms with Gasteiger partial charge in [0.25, 0.3) is 10.1 Å². The number of carboxylic acids is 2. The van der Waals surface area contributed by atoms with Crippen molar-refractivity contribution in [3.63, 3.8) is 0 Å². The summed E-state index contributed by atoms with van der Waals surface area (Å²) in [6, 6.07) is 0. The number of carboxylic acid groups (broad SMARTS) is 2. The Morgan fingerprint density at radius 3 is 1.66 bits per heavy atom. The summed E-state index contributed by atoms with van der Waals surface area (Å²) in [6.07, 6.45) is 5.37. The van der Waals surface area contributed by atoms with E-state index in [0.717, 1.165) is 25.7 Å². The normalized spacial score (nSPS) is 16.9. The molecule has 0 amide bonds. The maximum absolute atomic E-state index is 12.4. The fourth-order valence-electron chi connectivity index (χ4n) is 3.95. The van der Waals surface area contributed by atoms with E-state index in [0.29, 0.717) is 25.7 Å². The van der Waals surface area contributed by atoms with E-state index in [9.17, 15) is 32.8 Å². The second-order valence-electron chi connectivity index (χ2n) is 7.83. The van der Waals surface area contributed by atoms with Gasteiger partial charge in [0.2, 0.25) is 4.75 Å². The summed E-state index contributed by atoms with van der Waals surface area (Å²) in [4.78, 5) is 24.3. The molecular formula is C20H38NaO7S+. The van der Waals surface area contributed by atoms with Crippen molar-refractivity contribution in [3.05, 3.63) is 0 Å². The van der Waals surface area contributed by atoms with Gasteiger partial charge in [-0.25, -0.2) is 0 Å². The number of hydrogen-bond acceptors (Lipinski definition) is 4. The summed E-state index contributed by atoms with van der Waals surface area (Å²) in [7, 11) is -5.15. The molecule has 0 aromatic carbocycles. The standard InChI is InChI=1S/C20H38O7S.Na/c1-5-9-11-15(7-3)13-17(18(21)22)20(19(23)24,28(25,26)27)14-16(8-4)12-10-6-2;/h15-17H,5-14H2,1-4H3,(H,21,22)(H,23,24)(H,25,26,27);/q;+1. The fraction of sp³-hybridized carbons (Fsp3) is 0.900. The first-order valence-electron chi connectivity index (χ1n) is 10.4. The average Bonchev–Trinajstić information content (AvgIpc) is 2.61. The molecule has 0 aliphatic rings. The van der Waals surface area contributed by atoms with E-state index in [1.165, 1.54) is 0 Å². The Kier molecular flexibility index (Phi) is 15.8. The van der Waals surface area contributed by atoms with Crippen LogP contribution in [0.15, 0.2) is 0 Å². The third-order valence-electron chi connectivity index (χ3n) is 5.93. The molecule has 7 nitrogen and oxygen atoms in total. The largest absolute Gasteiger partial charge is 1.00 e. The van der Waals surface area contributed by atoms with Crippen molar-refractivity contribution in [2.45, 2.75) is 96.7 Å². The molecule has 0 spiro atoms. The molecule has 0 aromatic heterocycles. The Bertz CT molecular complexity index is 594. The quantitative estimate of drug-likeness (QED) is 0.243. The first-order chi connectivity index (χ1) is 13.0. The number of hydrogen-bond donors (Lipinski definition) is 3. The SMILES string of the molecule is CCCCC(CC)CC(C(=O)O)C(CC(CC)CCCC)(C(=O)O)S(=O)(=O)O.[Na+]. The first-order valence-corrected chi connectivity index (χ1v) is 11.9. The van der Waals surface area contributed by atoms with Crippen molar-refractivity contribution in [1.82, 2.24) is 0 Å². The molecule has 0 rings (SSSR count).